The van der Waals surface area contributed by atoms with Gasteiger partial charge >= 0.3 is 0 Å². The van der Waals surface area contributed by atoms with Gasteiger partial charge in [-0.3, -0.25) is 9.69 Å². The Kier molecular flexibility index (Phi) is 4.06. The molecule has 0 spiro atoms. The van der Waals surface area contributed by atoms with Crippen molar-refractivity contribution >= 4 is 5.91 Å². The molecular formula is C15H20N4O2. The molecule has 0 aliphatic carbocycles. The Labute approximate surface area is 123 Å². The molecule has 0 saturated carbocycles. The van der Waals surface area contributed by atoms with Gasteiger partial charge in [-0.15, -0.1) is 0 Å². The van der Waals surface area contributed by atoms with Crippen LogP contribution in [-0.2, 0) is 11.2 Å². The zero-order chi connectivity index (χ0) is 14.7. The molecule has 1 fully saturated rings. The number of likely N-dealkylation sites (N-methyl/N-ethyl adjacent to an activating group) is 1. The summed E-state index contributed by atoms with van der Waals surface area (Å²) >= 11 is 0. The van der Waals surface area contributed by atoms with Crippen LogP contribution in [0.5, 0.6) is 0 Å². The van der Waals surface area contributed by atoms with Crippen molar-refractivity contribution in [3.05, 3.63) is 42.4 Å². The SMILES string of the molecule is CCN1CCN(C(=O)Cc2ccoc2)C[C@H]1c1ncc[nH]1. The summed E-state index contributed by atoms with van der Waals surface area (Å²) in [5.41, 5.74) is 0.924. The van der Waals surface area contributed by atoms with Crippen LogP contribution in [0.4, 0.5) is 0 Å². The van der Waals surface area contributed by atoms with Crippen LogP contribution in [0.3, 0.4) is 0 Å². The van der Waals surface area contributed by atoms with Crippen LogP contribution < -0.4 is 0 Å². The number of aromatic amines is 1. The van der Waals surface area contributed by atoms with Gasteiger partial charge in [-0.25, -0.2) is 4.98 Å². The molecule has 1 aliphatic rings. The number of rotatable bonds is 4. The monoisotopic (exact) mass is 288 g/mol. The number of hydrogen-bond acceptors (Lipinski definition) is 4. The lowest BCUT2D eigenvalue weighted by atomic mass is 10.1. The maximum Gasteiger partial charge on any atom is 0.227 e. The minimum atomic E-state index is 0.142. The van der Waals surface area contributed by atoms with Gasteiger partial charge in [0.25, 0.3) is 0 Å². The number of furan rings is 1. The van der Waals surface area contributed by atoms with E-state index < -0.39 is 0 Å². The predicted octanol–water partition coefficient (Wildman–Crippen LogP) is 1.45. The Hall–Kier alpha value is -2.08. The minimum absolute atomic E-state index is 0.142. The third-order valence-corrected chi connectivity index (χ3v) is 4.02. The smallest absolute Gasteiger partial charge is 0.227 e. The summed E-state index contributed by atoms with van der Waals surface area (Å²) in [6.07, 6.45) is 7.21. The number of imidazole rings is 1. The van der Waals surface area contributed by atoms with E-state index >= 15 is 0 Å². The number of carbonyl (C=O) groups excluding carboxylic acids is 1. The van der Waals surface area contributed by atoms with Crippen LogP contribution in [0.2, 0.25) is 0 Å². The third-order valence-electron chi connectivity index (χ3n) is 4.02. The molecule has 2 aromatic rings. The van der Waals surface area contributed by atoms with Crippen molar-refractivity contribution in [2.24, 2.45) is 0 Å². The summed E-state index contributed by atoms with van der Waals surface area (Å²) in [5.74, 6) is 1.07. The van der Waals surface area contributed by atoms with E-state index in [9.17, 15) is 4.79 Å². The highest BCUT2D eigenvalue weighted by atomic mass is 16.3. The molecule has 6 nitrogen and oxygen atoms in total. The first-order valence-electron chi connectivity index (χ1n) is 7.30. The van der Waals surface area contributed by atoms with Gasteiger partial charge < -0.3 is 14.3 Å². The first-order chi connectivity index (χ1) is 10.3. The summed E-state index contributed by atoms with van der Waals surface area (Å²) in [6, 6.07) is 1.98. The summed E-state index contributed by atoms with van der Waals surface area (Å²) in [5, 5.41) is 0. The van der Waals surface area contributed by atoms with Gasteiger partial charge in [0.1, 0.15) is 5.82 Å². The van der Waals surface area contributed by atoms with Crippen LogP contribution in [-0.4, -0.2) is 51.9 Å². The molecule has 1 saturated heterocycles. The average molecular weight is 288 g/mol. The molecular weight excluding hydrogens is 268 g/mol. The number of hydrogen-bond donors (Lipinski definition) is 1. The molecule has 21 heavy (non-hydrogen) atoms. The Balaban J connectivity index is 1.69. The molecule has 0 bridgehead atoms. The van der Waals surface area contributed by atoms with E-state index in [1.165, 1.54) is 0 Å². The summed E-state index contributed by atoms with van der Waals surface area (Å²) in [7, 11) is 0. The number of nitrogens with one attached hydrogen (secondary N) is 1. The second-order valence-electron chi connectivity index (χ2n) is 5.27. The third kappa shape index (κ3) is 3.00. The van der Waals surface area contributed by atoms with Gasteiger partial charge in [0.15, 0.2) is 0 Å². The van der Waals surface area contributed by atoms with Crippen molar-refractivity contribution in [3.8, 4) is 0 Å². The Morgan fingerprint density at radius 3 is 3.10 bits per heavy atom. The van der Waals surface area contributed by atoms with Crippen molar-refractivity contribution in [2.75, 3.05) is 26.2 Å². The number of carbonyl (C=O) groups is 1. The van der Waals surface area contributed by atoms with E-state index in [0.29, 0.717) is 13.0 Å². The second kappa shape index (κ2) is 6.13. The lowest BCUT2D eigenvalue weighted by Crippen LogP contribution is -2.51. The molecule has 1 amide bonds. The fourth-order valence-corrected chi connectivity index (χ4v) is 2.82. The van der Waals surface area contributed by atoms with E-state index in [2.05, 4.69) is 21.8 Å². The van der Waals surface area contributed by atoms with Crippen molar-refractivity contribution in [1.29, 1.82) is 0 Å². The van der Waals surface area contributed by atoms with Crippen molar-refractivity contribution in [2.45, 2.75) is 19.4 Å². The van der Waals surface area contributed by atoms with E-state index in [1.54, 1.807) is 18.7 Å². The van der Waals surface area contributed by atoms with Crippen LogP contribution in [0, 0.1) is 0 Å². The number of aromatic nitrogens is 2. The maximum absolute atomic E-state index is 12.4. The van der Waals surface area contributed by atoms with E-state index in [0.717, 1.165) is 31.0 Å². The number of piperazine rings is 1. The molecule has 2 aromatic heterocycles. The van der Waals surface area contributed by atoms with Gasteiger partial charge in [-0.05, 0) is 18.2 Å². The quantitative estimate of drug-likeness (QED) is 0.925. The number of amides is 1. The largest absolute Gasteiger partial charge is 0.472 e. The minimum Gasteiger partial charge on any atom is -0.472 e. The Bertz CT molecular complexity index is 565. The zero-order valence-corrected chi connectivity index (χ0v) is 12.2. The highest BCUT2D eigenvalue weighted by molar-refractivity contribution is 5.78. The van der Waals surface area contributed by atoms with E-state index in [-0.39, 0.29) is 11.9 Å². The summed E-state index contributed by atoms with van der Waals surface area (Å²) in [6.45, 7) is 5.41. The highest BCUT2D eigenvalue weighted by Gasteiger charge is 2.31. The first-order valence-corrected chi connectivity index (χ1v) is 7.30. The molecule has 1 N–H and O–H groups in total. The van der Waals surface area contributed by atoms with Crippen molar-refractivity contribution in [1.82, 2.24) is 19.8 Å². The standard InChI is InChI=1S/C15H20N4O2/c1-2-18-6-7-19(10-13(18)15-16-4-5-17-15)14(20)9-12-3-8-21-11-12/h3-5,8,11,13H,2,6-7,9-10H2,1H3,(H,16,17)/t13-/m0/s1. The van der Waals surface area contributed by atoms with E-state index in [1.807, 2.05) is 17.2 Å². The average Bonchev–Trinajstić information content (AvgIpc) is 3.19. The maximum atomic E-state index is 12.4. The van der Waals surface area contributed by atoms with Crippen molar-refractivity contribution < 1.29 is 9.21 Å². The highest BCUT2D eigenvalue weighted by Crippen LogP contribution is 2.23. The lowest BCUT2D eigenvalue weighted by Gasteiger charge is -2.40. The fourth-order valence-electron chi connectivity index (χ4n) is 2.82. The lowest BCUT2D eigenvalue weighted by molar-refractivity contribution is -0.133. The Morgan fingerprint density at radius 1 is 1.52 bits per heavy atom. The zero-order valence-electron chi connectivity index (χ0n) is 12.2. The van der Waals surface area contributed by atoms with Crippen LogP contribution >= 0.6 is 0 Å². The normalized spacial score (nSPS) is 19.9. The van der Waals surface area contributed by atoms with Gasteiger partial charge in [0.05, 0.1) is 25.0 Å². The molecule has 6 heteroatoms. The summed E-state index contributed by atoms with van der Waals surface area (Å²) in [4.78, 5) is 24.2. The molecule has 3 heterocycles. The second-order valence-corrected chi connectivity index (χ2v) is 5.27. The van der Waals surface area contributed by atoms with Gasteiger partial charge in [0.2, 0.25) is 5.91 Å². The Morgan fingerprint density at radius 2 is 2.43 bits per heavy atom. The number of nitrogens with zero attached hydrogens (tertiary/aromatic N) is 3. The molecule has 112 valence electrons. The van der Waals surface area contributed by atoms with Gasteiger partial charge in [-0.2, -0.15) is 0 Å². The molecule has 1 aliphatic heterocycles. The first kappa shape index (κ1) is 13.9. The van der Waals surface area contributed by atoms with Crippen molar-refractivity contribution in [3.63, 3.8) is 0 Å². The molecule has 1 atom stereocenters. The van der Waals surface area contributed by atoms with Crippen LogP contribution in [0.15, 0.2) is 35.4 Å². The van der Waals surface area contributed by atoms with E-state index in [4.69, 9.17) is 4.42 Å². The number of H-pyrrole nitrogens is 1. The van der Waals surface area contributed by atoms with Crippen LogP contribution in [0.25, 0.3) is 0 Å². The molecule has 0 aromatic carbocycles. The van der Waals surface area contributed by atoms with Gasteiger partial charge in [-0.1, -0.05) is 6.92 Å². The molecule has 0 unspecified atom stereocenters. The topological polar surface area (TPSA) is 65.4 Å². The van der Waals surface area contributed by atoms with Crippen LogP contribution in [0.1, 0.15) is 24.4 Å². The van der Waals surface area contributed by atoms with Gasteiger partial charge in [0, 0.05) is 32.0 Å². The fraction of sp³-hybridized carbons (Fsp3) is 0.467. The summed E-state index contributed by atoms with van der Waals surface area (Å²) < 4.78 is 5.02. The molecule has 3 rings (SSSR count). The molecule has 0 radical (unpaired) electrons. The predicted molar refractivity (Wildman–Crippen MR) is 77.6 cm³/mol.